The fraction of sp³-hybridized carbons (Fsp3) is 0.474. The van der Waals surface area contributed by atoms with Gasteiger partial charge in [0, 0.05) is 38.8 Å². The van der Waals surface area contributed by atoms with Crippen molar-refractivity contribution >= 4 is 11.9 Å². The third kappa shape index (κ3) is 3.74. The molecule has 0 aliphatic carbocycles. The number of carbonyl (C=O) groups is 2. The van der Waals surface area contributed by atoms with Crippen molar-refractivity contribution in [1.29, 1.82) is 0 Å². The molecule has 136 valence electrons. The van der Waals surface area contributed by atoms with Crippen LogP contribution in [0.3, 0.4) is 0 Å². The molecule has 0 radical (unpaired) electrons. The minimum Gasteiger partial charge on any atom is -0.465 e. The summed E-state index contributed by atoms with van der Waals surface area (Å²) in [5, 5.41) is 8.08. The van der Waals surface area contributed by atoms with Crippen molar-refractivity contribution in [3.8, 4) is 12.3 Å². The van der Waals surface area contributed by atoms with Crippen molar-refractivity contribution in [3.05, 3.63) is 34.6 Å². The lowest BCUT2D eigenvalue weighted by Crippen LogP contribution is -2.37. The first kappa shape index (κ1) is 18.1. The maximum Gasteiger partial charge on any atom is 0.338 e. The number of terminal acetylenes is 1. The monoisotopic (exact) mass is 357 g/mol. The quantitative estimate of drug-likeness (QED) is 0.581. The fourth-order valence-electron chi connectivity index (χ4n) is 3.27. The van der Waals surface area contributed by atoms with Crippen molar-refractivity contribution in [3.63, 3.8) is 0 Å². The van der Waals surface area contributed by atoms with E-state index in [0.29, 0.717) is 44.2 Å². The van der Waals surface area contributed by atoms with Gasteiger partial charge in [0.2, 0.25) is 5.91 Å². The van der Waals surface area contributed by atoms with Crippen molar-refractivity contribution in [1.82, 2.24) is 4.90 Å². The zero-order chi connectivity index (χ0) is 18.7. The summed E-state index contributed by atoms with van der Waals surface area (Å²) in [4.78, 5) is 26.2. The highest BCUT2D eigenvalue weighted by molar-refractivity contribution is 5.91. The molecule has 0 unspecified atom stereocenters. The molecule has 6 nitrogen and oxygen atoms in total. The molecule has 2 aliphatic heterocycles. The number of carbonyl (C=O) groups excluding carboxylic acids is 2. The Hall–Kier alpha value is -2.75. The molecule has 0 bridgehead atoms. The van der Waals surface area contributed by atoms with E-state index in [9.17, 15) is 14.0 Å². The topological polar surface area (TPSA) is 71.3 Å². The molecule has 0 aromatic heterocycles. The van der Waals surface area contributed by atoms with E-state index in [1.165, 1.54) is 13.2 Å². The normalized spacial score (nSPS) is 16.6. The molecular weight excluding hydrogens is 337 g/mol. The van der Waals surface area contributed by atoms with E-state index in [4.69, 9.17) is 11.2 Å². The van der Waals surface area contributed by atoms with Gasteiger partial charge in [-0.3, -0.25) is 4.79 Å². The predicted octanol–water partition coefficient (Wildman–Crippen LogP) is 2.85. The molecule has 0 N–H and O–H groups in total. The van der Waals surface area contributed by atoms with Gasteiger partial charge >= 0.3 is 5.97 Å². The van der Waals surface area contributed by atoms with Gasteiger partial charge in [-0.15, -0.1) is 12.3 Å². The molecule has 2 heterocycles. The highest BCUT2D eigenvalue weighted by atomic mass is 19.1. The van der Waals surface area contributed by atoms with Gasteiger partial charge in [-0.2, -0.15) is 10.2 Å². The maximum atomic E-state index is 13.7. The molecule has 0 spiro atoms. The number of hydrogen-bond acceptors (Lipinski definition) is 5. The number of amides is 1. The average molecular weight is 357 g/mol. The summed E-state index contributed by atoms with van der Waals surface area (Å²) >= 11 is 0. The lowest BCUT2D eigenvalue weighted by Gasteiger charge is -2.30. The van der Waals surface area contributed by atoms with Crippen LogP contribution in [-0.2, 0) is 22.5 Å². The third-order valence-electron chi connectivity index (χ3n) is 4.86. The van der Waals surface area contributed by atoms with E-state index in [1.807, 2.05) is 0 Å². The van der Waals surface area contributed by atoms with Crippen molar-refractivity contribution in [2.24, 2.45) is 10.2 Å². The van der Waals surface area contributed by atoms with Crippen LogP contribution in [0.25, 0.3) is 0 Å². The lowest BCUT2D eigenvalue weighted by atomic mass is 9.94. The van der Waals surface area contributed by atoms with Gasteiger partial charge in [0.15, 0.2) is 5.66 Å². The largest absolute Gasteiger partial charge is 0.465 e. The summed E-state index contributed by atoms with van der Waals surface area (Å²) in [6.45, 7) is 0.756. The molecule has 0 atom stereocenters. The van der Waals surface area contributed by atoms with E-state index in [2.05, 4.69) is 16.1 Å². The predicted molar refractivity (Wildman–Crippen MR) is 91.7 cm³/mol. The number of halogens is 1. The SMILES string of the molecule is C#CCCC1(CCC(=O)N2CCc3cc(F)cc(C(=O)OC)c3C2)N=N1. The first-order valence-electron chi connectivity index (χ1n) is 8.53. The minimum absolute atomic E-state index is 0.0341. The molecule has 2 aliphatic rings. The number of fused-ring (bicyclic) bond motifs is 1. The second-order valence-corrected chi connectivity index (χ2v) is 6.53. The molecule has 0 fully saturated rings. The van der Waals surface area contributed by atoms with Crippen molar-refractivity contribution in [2.75, 3.05) is 13.7 Å². The first-order chi connectivity index (χ1) is 12.5. The number of ether oxygens (including phenoxy) is 1. The van der Waals surface area contributed by atoms with Crippen LogP contribution in [0.4, 0.5) is 4.39 Å². The Bertz CT molecular complexity index is 807. The van der Waals surface area contributed by atoms with Crippen LogP contribution < -0.4 is 0 Å². The number of rotatable bonds is 6. The van der Waals surface area contributed by atoms with Crippen LogP contribution in [0.15, 0.2) is 22.4 Å². The number of methoxy groups -OCH3 is 1. The Balaban J connectivity index is 1.67. The Morgan fingerprint density at radius 1 is 1.38 bits per heavy atom. The Morgan fingerprint density at radius 2 is 2.15 bits per heavy atom. The van der Waals surface area contributed by atoms with Crippen LogP contribution in [0.5, 0.6) is 0 Å². The molecule has 3 rings (SSSR count). The van der Waals surface area contributed by atoms with Gasteiger partial charge in [0.05, 0.1) is 12.7 Å². The summed E-state index contributed by atoms with van der Waals surface area (Å²) in [5.41, 5.74) is 1.08. The minimum atomic E-state index is -0.598. The van der Waals surface area contributed by atoms with Crippen LogP contribution in [0.1, 0.15) is 47.2 Å². The van der Waals surface area contributed by atoms with Crippen LogP contribution in [0.2, 0.25) is 0 Å². The van der Waals surface area contributed by atoms with Crippen LogP contribution in [0, 0.1) is 18.2 Å². The molecule has 0 saturated carbocycles. The van der Waals surface area contributed by atoms with E-state index < -0.39 is 17.4 Å². The zero-order valence-electron chi connectivity index (χ0n) is 14.6. The maximum absolute atomic E-state index is 13.7. The highest BCUT2D eigenvalue weighted by Gasteiger charge is 2.40. The summed E-state index contributed by atoms with van der Waals surface area (Å²) in [7, 11) is 1.25. The Labute approximate surface area is 151 Å². The molecular formula is C19H20FN3O3. The standard InChI is InChI=1S/C19H20FN3O3/c1-3-4-7-19(21-22-19)8-5-17(24)23-9-6-13-10-14(20)11-15(16(13)12-23)18(25)26-2/h1,10-11H,4-9,12H2,2H3. The molecule has 0 saturated heterocycles. The summed E-state index contributed by atoms with van der Waals surface area (Å²) < 4.78 is 18.5. The number of esters is 1. The van der Waals surface area contributed by atoms with Gasteiger partial charge in [-0.25, -0.2) is 9.18 Å². The molecule has 1 aromatic carbocycles. The summed E-state index contributed by atoms with van der Waals surface area (Å²) in [6, 6.07) is 2.58. The van der Waals surface area contributed by atoms with Gasteiger partial charge in [0.1, 0.15) is 5.82 Å². The summed E-state index contributed by atoms with van der Waals surface area (Å²) in [5.74, 6) is 1.45. The highest BCUT2D eigenvalue weighted by Crippen LogP contribution is 2.38. The van der Waals surface area contributed by atoms with Crippen molar-refractivity contribution < 1.29 is 18.7 Å². The molecule has 1 aromatic rings. The number of hydrogen-bond donors (Lipinski definition) is 0. The van der Waals surface area contributed by atoms with E-state index in [1.54, 1.807) is 4.90 Å². The van der Waals surface area contributed by atoms with Gasteiger partial charge in [0.25, 0.3) is 0 Å². The molecule has 7 heteroatoms. The number of nitrogens with zero attached hydrogens (tertiary/aromatic N) is 3. The van der Waals surface area contributed by atoms with Gasteiger partial charge < -0.3 is 9.64 Å². The van der Waals surface area contributed by atoms with Crippen LogP contribution >= 0.6 is 0 Å². The Morgan fingerprint density at radius 3 is 2.81 bits per heavy atom. The number of benzene rings is 1. The average Bonchev–Trinajstić information content (AvgIpc) is 3.43. The van der Waals surface area contributed by atoms with Gasteiger partial charge in [-0.1, -0.05) is 0 Å². The Kier molecular flexibility index (Phi) is 5.03. The van der Waals surface area contributed by atoms with Crippen molar-refractivity contribution in [2.45, 2.75) is 44.3 Å². The van der Waals surface area contributed by atoms with E-state index >= 15 is 0 Å². The van der Waals surface area contributed by atoms with E-state index in [0.717, 1.165) is 11.6 Å². The van der Waals surface area contributed by atoms with Gasteiger partial charge in [-0.05, 0) is 29.7 Å². The smallest absolute Gasteiger partial charge is 0.338 e. The second kappa shape index (κ2) is 7.24. The van der Waals surface area contributed by atoms with E-state index in [-0.39, 0.29) is 18.0 Å². The third-order valence-corrected chi connectivity index (χ3v) is 4.86. The molecule has 26 heavy (non-hydrogen) atoms. The lowest BCUT2D eigenvalue weighted by molar-refractivity contribution is -0.132. The first-order valence-corrected chi connectivity index (χ1v) is 8.53. The molecule has 1 amide bonds. The fourth-order valence-corrected chi connectivity index (χ4v) is 3.27. The van der Waals surface area contributed by atoms with Crippen LogP contribution in [-0.4, -0.2) is 36.1 Å². The zero-order valence-corrected chi connectivity index (χ0v) is 14.6. The summed E-state index contributed by atoms with van der Waals surface area (Å²) in [6.07, 6.45) is 7.84. The second-order valence-electron chi connectivity index (χ2n) is 6.53.